The van der Waals surface area contributed by atoms with Gasteiger partial charge in [-0.15, -0.1) is 0 Å². The number of hydrogen-bond acceptors (Lipinski definition) is 5. The highest BCUT2D eigenvalue weighted by atomic mass is 16.1. The lowest BCUT2D eigenvalue weighted by molar-refractivity contribution is -0.120. The van der Waals surface area contributed by atoms with Gasteiger partial charge in [-0.3, -0.25) is 9.78 Å². The molecule has 2 fully saturated rings. The van der Waals surface area contributed by atoms with Crippen LogP contribution in [0.15, 0.2) is 54.9 Å². The molecule has 4 heterocycles. The molecule has 154 valence electrons. The van der Waals surface area contributed by atoms with Crippen LogP contribution < -0.4 is 15.1 Å². The molecule has 0 saturated carbocycles. The smallest absolute Gasteiger partial charge is 0.229 e. The second-order valence-electron chi connectivity index (χ2n) is 8.19. The van der Waals surface area contributed by atoms with Gasteiger partial charge in [-0.2, -0.15) is 0 Å². The number of nitrogens with zero attached hydrogens (tertiary/aromatic N) is 4. The molecule has 1 atom stereocenters. The summed E-state index contributed by atoms with van der Waals surface area (Å²) in [5, 5.41) is 4.21. The number of carbonyl (C=O) groups excluding carboxylic acids is 1. The van der Waals surface area contributed by atoms with E-state index in [0.717, 1.165) is 54.9 Å². The van der Waals surface area contributed by atoms with Gasteiger partial charge in [0.1, 0.15) is 5.82 Å². The van der Waals surface area contributed by atoms with Gasteiger partial charge in [0.15, 0.2) is 0 Å². The average Bonchev–Trinajstić information content (AvgIpc) is 3.35. The third kappa shape index (κ3) is 3.70. The maximum Gasteiger partial charge on any atom is 0.229 e. The predicted octanol–water partition coefficient (Wildman–Crippen LogP) is 4.09. The minimum atomic E-state index is -0.0502. The number of nitrogens with one attached hydrogen (secondary N) is 1. The van der Waals surface area contributed by atoms with E-state index in [2.05, 4.69) is 37.2 Å². The van der Waals surface area contributed by atoms with Gasteiger partial charge in [0.25, 0.3) is 0 Å². The Morgan fingerprint density at radius 1 is 0.900 bits per heavy atom. The van der Waals surface area contributed by atoms with Crippen molar-refractivity contribution >= 4 is 34.0 Å². The Morgan fingerprint density at radius 3 is 2.57 bits per heavy atom. The van der Waals surface area contributed by atoms with E-state index in [1.54, 1.807) is 6.20 Å². The number of anilines is 3. The Bertz CT molecular complexity index is 1030. The molecule has 0 radical (unpaired) electrons. The van der Waals surface area contributed by atoms with Crippen LogP contribution in [-0.4, -0.2) is 42.1 Å². The normalized spacial score (nSPS) is 19.3. The molecule has 2 saturated heterocycles. The van der Waals surface area contributed by atoms with Crippen molar-refractivity contribution in [2.24, 2.45) is 5.92 Å². The first-order valence-corrected chi connectivity index (χ1v) is 10.9. The van der Waals surface area contributed by atoms with Gasteiger partial charge in [-0.1, -0.05) is 6.07 Å². The van der Waals surface area contributed by atoms with Crippen LogP contribution in [0, 0.1) is 5.92 Å². The number of rotatable bonds is 4. The molecule has 1 amide bonds. The minimum Gasteiger partial charge on any atom is -0.370 e. The molecular weight excluding hydrogens is 374 g/mol. The summed E-state index contributed by atoms with van der Waals surface area (Å²) in [7, 11) is 0. The van der Waals surface area contributed by atoms with E-state index in [1.807, 2.05) is 36.5 Å². The van der Waals surface area contributed by atoms with Gasteiger partial charge in [-0.05, 0) is 62.1 Å². The summed E-state index contributed by atoms with van der Waals surface area (Å²) in [5.74, 6) is 0.972. The van der Waals surface area contributed by atoms with Gasteiger partial charge in [-0.25, -0.2) is 4.98 Å². The lowest BCUT2D eigenvalue weighted by Crippen LogP contribution is -2.41. The molecule has 2 aliphatic heterocycles. The number of pyridine rings is 2. The monoisotopic (exact) mass is 401 g/mol. The van der Waals surface area contributed by atoms with E-state index in [0.29, 0.717) is 6.54 Å². The van der Waals surface area contributed by atoms with E-state index in [-0.39, 0.29) is 11.8 Å². The van der Waals surface area contributed by atoms with Crippen LogP contribution >= 0.6 is 0 Å². The van der Waals surface area contributed by atoms with E-state index >= 15 is 0 Å². The third-order valence-corrected chi connectivity index (χ3v) is 6.22. The summed E-state index contributed by atoms with van der Waals surface area (Å²) in [6.07, 6.45) is 7.98. The average molecular weight is 402 g/mol. The van der Waals surface area contributed by atoms with E-state index < -0.39 is 0 Å². The predicted molar refractivity (Wildman–Crippen MR) is 121 cm³/mol. The number of aromatic nitrogens is 2. The quantitative estimate of drug-likeness (QED) is 0.714. The molecular formula is C24H27N5O. The fraction of sp³-hybridized carbons (Fsp3) is 0.375. The molecule has 30 heavy (non-hydrogen) atoms. The van der Waals surface area contributed by atoms with Gasteiger partial charge < -0.3 is 15.1 Å². The molecule has 1 N–H and O–H groups in total. The maximum atomic E-state index is 13.1. The van der Waals surface area contributed by atoms with E-state index in [1.165, 1.54) is 18.5 Å². The summed E-state index contributed by atoms with van der Waals surface area (Å²) in [4.78, 5) is 26.8. The van der Waals surface area contributed by atoms with Gasteiger partial charge in [0.2, 0.25) is 5.91 Å². The molecule has 5 rings (SSSR count). The second kappa shape index (κ2) is 8.30. The van der Waals surface area contributed by atoms with Crippen LogP contribution in [0.4, 0.5) is 17.2 Å². The summed E-state index contributed by atoms with van der Waals surface area (Å²) in [6, 6.07) is 14.1. The first-order chi connectivity index (χ1) is 14.8. The molecule has 1 aromatic carbocycles. The molecule has 3 aromatic rings. The number of benzene rings is 1. The van der Waals surface area contributed by atoms with Crippen molar-refractivity contribution in [3.63, 3.8) is 0 Å². The Balaban J connectivity index is 1.36. The second-order valence-corrected chi connectivity index (χ2v) is 8.19. The molecule has 2 aliphatic rings. The van der Waals surface area contributed by atoms with Crippen LogP contribution in [-0.2, 0) is 4.79 Å². The van der Waals surface area contributed by atoms with Crippen molar-refractivity contribution in [2.75, 3.05) is 41.3 Å². The zero-order valence-corrected chi connectivity index (χ0v) is 17.1. The highest BCUT2D eigenvalue weighted by molar-refractivity contribution is 6.05. The van der Waals surface area contributed by atoms with Gasteiger partial charge in [0, 0.05) is 44.0 Å². The van der Waals surface area contributed by atoms with Crippen molar-refractivity contribution in [3.8, 4) is 0 Å². The van der Waals surface area contributed by atoms with Crippen LogP contribution in [0.1, 0.15) is 25.7 Å². The summed E-state index contributed by atoms with van der Waals surface area (Å²) in [5.41, 5.74) is 2.98. The molecule has 0 bridgehead atoms. The van der Waals surface area contributed by atoms with Crippen molar-refractivity contribution in [3.05, 3.63) is 54.9 Å². The van der Waals surface area contributed by atoms with Crippen LogP contribution in [0.3, 0.4) is 0 Å². The van der Waals surface area contributed by atoms with Gasteiger partial charge in [0.05, 0.1) is 22.8 Å². The fourth-order valence-electron chi connectivity index (χ4n) is 4.65. The lowest BCUT2D eigenvalue weighted by Gasteiger charge is -2.33. The SMILES string of the molecule is O=C(Nc1ccc(N2CCCC2)c2ncccc12)C1CCCN(c2ccccn2)C1. The molecule has 6 nitrogen and oxygen atoms in total. The molecule has 0 aliphatic carbocycles. The van der Waals surface area contributed by atoms with Crippen LogP contribution in [0.2, 0.25) is 0 Å². The van der Waals surface area contributed by atoms with Crippen molar-refractivity contribution in [2.45, 2.75) is 25.7 Å². The van der Waals surface area contributed by atoms with E-state index in [9.17, 15) is 4.79 Å². The standard InChI is InChI=1S/C24H27N5O/c30-24(18-7-6-16-29(17-18)22-9-1-2-12-25-22)27-20-10-11-21(28-14-3-4-15-28)23-19(20)8-5-13-26-23/h1-2,5,8-13,18H,3-4,6-7,14-17H2,(H,27,30). The highest BCUT2D eigenvalue weighted by Gasteiger charge is 2.27. The number of hydrogen-bond donors (Lipinski definition) is 1. The topological polar surface area (TPSA) is 61.4 Å². The minimum absolute atomic E-state index is 0.0502. The first kappa shape index (κ1) is 18.9. The number of piperidine rings is 1. The molecule has 0 spiro atoms. The lowest BCUT2D eigenvalue weighted by atomic mass is 9.96. The number of carbonyl (C=O) groups is 1. The van der Waals surface area contributed by atoms with Crippen LogP contribution in [0.5, 0.6) is 0 Å². The number of fused-ring (bicyclic) bond motifs is 1. The molecule has 1 unspecified atom stereocenters. The fourth-order valence-corrected chi connectivity index (χ4v) is 4.65. The van der Waals surface area contributed by atoms with Crippen LogP contribution in [0.25, 0.3) is 10.9 Å². The van der Waals surface area contributed by atoms with Gasteiger partial charge >= 0.3 is 0 Å². The zero-order valence-electron chi connectivity index (χ0n) is 17.1. The van der Waals surface area contributed by atoms with Crippen molar-refractivity contribution < 1.29 is 4.79 Å². The zero-order chi connectivity index (χ0) is 20.3. The Hall–Kier alpha value is -3.15. The number of amides is 1. The highest BCUT2D eigenvalue weighted by Crippen LogP contribution is 2.33. The molecule has 2 aromatic heterocycles. The first-order valence-electron chi connectivity index (χ1n) is 10.9. The summed E-state index contributed by atoms with van der Waals surface area (Å²) < 4.78 is 0. The Labute approximate surface area is 176 Å². The molecule has 6 heteroatoms. The Kier molecular flexibility index (Phi) is 5.22. The van der Waals surface area contributed by atoms with E-state index in [4.69, 9.17) is 0 Å². The maximum absolute atomic E-state index is 13.1. The third-order valence-electron chi connectivity index (χ3n) is 6.22. The summed E-state index contributed by atoms with van der Waals surface area (Å²) in [6.45, 7) is 3.79. The van der Waals surface area contributed by atoms with Crippen molar-refractivity contribution in [1.29, 1.82) is 0 Å². The largest absolute Gasteiger partial charge is 0.370 e. The Morgan fingerprint density at radius 2 is 1.73 bits per heavy atom. The van der Waals surface area contributed by atoms with Crippen molar-refractivity contribution in [1.82, 2.24) is 9.97 Å². The summed E-state index contributed by atoms with van der Waals surface area (Å²) >= 11 is 0.